The summed E-state index contributed by atoms with van der Waals surface area (Å²) in [5, 5.41) is 5.87. The Morgan fingerprint density at radius 1 is 1.27 bits per heavy atom. The van der Waals surface area contributed by atoms with Crippen LogP contribution in [0.5, 0.6) is 0 Å². The van der Waals surface area contributed by atoms with Crippen molar-refractivity contribution in [2.45, 2.75) is 65.3 Å². The maximum atomic E-state index is 12.6. The van der Waals surface area contributed by atoms with E-state index < -0.39 is 5.54 Å². The van der Waals surface area contributed by atoms with Crippen molar-refractivity contribution in [2.75, 3.05) is 13.1 Å². The number of rotatable bonds is 6. The third-order valence-electron chi connectivity index (χ3n) is 6.27. The smallest absolute Gasteiger partial charge is 0.325 e. The minimum Gasteiger partial charge on any atom is -0.356 e. The molecule has 1 saturated heterocycles. The second-order valence-electron chi connectivity index (χ2n) is 8.89. The summed E-state index contributed by atoms with van der Waals surface area (Å²) in [6.45, 7) is 9.19. The first-order valence-electron chi connectivity index (χ1n) is 9.76. The van der Waals surface area contributed by atoms with Crippen LogP contribution in [0.4, 0.5) is 4.79 Å². The zero-order valence-electron chi connectivity index (χ0n) is 16.4. The third-order valence-corrected chi connectivity index (χ3v) is 6.27. The molecule has 0 aromatic heterocycles. The first-order chi connectivity index (χ1) is 12.2. The van der Waals surface area contributed by atoms with Gasteiger partial charge in [-0.1, -0.05) is 38.3 Å². The average molecular weight is 361 g/mol. The Labute approximate surface area is 155 Å². The van der Waals surface area contributed by atoms with E-state index in [1.165, 1.54) is 10.5 Å². The highest BCUT2D eigenvalue weighted by Gasteiger charge is 2.60. The molecule has 2 N–H and O–H groups in total. The van der Waals surface area contributed by atoms with Gasteiger partial charge in [-0.15, -0.1) is 0 Å². The summed E-state index contributed by atoms with van der Waals surface area (Å²) in [5.41, 5.74) is 0.592. The molecular formula is C20H31N3O3. The number of allylic oxidation sites excluding steroid dienone is 2. The SMILES string of the molecule is CC(C)=CC1C(C(=O)NCCCN2C(=O)NC3(CCCC3)C2=O)C1(C)C. The highest BCUT2D eigenvalue weighted by atomic mass is 16.2. The summed E-state index contributed by atoms with van der Waals surface area (Å²) in [7, 11) is 0. The van der Waals surface area contributed by atoms with Crippen LogP contribution in [0.1, 0.15) is 59.8 Å². The van der Waals surface area contributed by atoms with Crippen LogP contribution in [-0.2, 0) is 9.59 Å². The lowest BCUT2D eigenvalue weighted by Gasteiger charge is -2.20. The number of hydrogen-bond acceptors (Lipinski definition) is 3. The van der Waals surface area contributed by atoms with Crippen molar-refractivity contribution in [1.29, 1.82) is 0 Å². The zero-order valence-corrected chi connectivity index (χ0v) is 16.4. The molecule has 3 rings (SSSR count). The summed E-state index contributed by atoms with van der Waals surface area (Å²) < 4.78 is 0. The van der Waals surface area contributed by atoms with E-state index in [0.717, 1.165) is 25.7 Å². The van der Waals surface area contributed by atoms with Crippen molar-refractivity contribution < 1.29 is 14.4 Å². The van der Waals surface area contributed by atoms with Crippen LogP contribution in [0.2, 0.25) is 0 Å². The number of carbonyl (C=O) groups excluding carboxylic acids is 3. The maximum Gasteiger partial charge on any atom is 0.325 e. The topological polar surface area (TPSA) is 78.5 Å². The largest absolute Gasteiger partial charge is 0.356 e. The summed E-state index contributed by atoms with van der Waals surface area (Å²) in [5.74, 6) is 0.289. The van der Waals surface area contributed by atoms with E-state index >= 15 is 0 Å². The Balaban J connectivity index is 1.45. The fourth-order valence-corrected chi connectivity index (χ4v) is 4.60. The molecule has 144 valence electrons. The Morgan fingerprint density at radius 2 is 1.92 bits per heavy atom. The Kier molecular flexibility index (Phi) is 4.88. The van der Waals surface area contributed by atoms with Crippen molar-refractivity contribution >= 4 is 17.8 Å². The lowest BCUT2D eigenvalue weighted by molar-refractivity contribution is -0.131. The van der Waals surface area contributed by atoms with Crippen molar-refractivity contribution in [3.63, 3.8) is 0 Å². The molecule has 4 amide bonds. The molecule has 2 unspecified atom stereocenters. The van der Waals surface area contributed by atoms with Gasteiger partial charge in [0.15, 0.2) is 0 Å². The molecule has 0 aromatic rings. The number of hydrogen-bond donors (Lipinski definition) is 2. The molecule has 1 heterocycles. The lowest BCUT2D eigenvalue weighted by atomic mass is 9.98. The number of nitrogens with one attached hydrogen (secondary N) is 2. The quantitative estimate of drug-likeness (QED) is 0.434. The summed E-state index contributed by atoms with van der Waals surface area (Å²) in [6, 6.07) is -0.282. The number of imide groups is 1. The summed E-state index contributed by atoms with van der Waals surface area (Å²) in [6.07, 6.45) is 6.22. The van der Waals surface area contributed by atoms with E-state index in [-0.39, 0.29) is 29.2 Å². The molecule has 2 saturated carbocycles. The Hall–Kier alpha value is -1.85. The van der Waals surface area contributed by atoms with E-state index in [1.807, 2.05) is 0 Å². The first-order valence-corrected chi connectivity index (χ1v) is 9.76. The first kappa shape index (κ1) is 18.9. The molecule has 1 aliphatic heterocycles. The molecule has 3 fully saturated rings. The Morgan fingerprint density at radius 3 is 2.54 bits per heavy atom. The molecule has 6 nitrogen and oxygen atoms in total. The van der Waals surface area contributed by atoms with Gasteiger partial charge < -0.3 is 10.6 Å². The van der Waals surface area contributed by atoms with Crippen molar-refractivity contribution in [3.05, 3.63) is 11.6 Å². The molecule has 0 bridgehead atoms. The summed E-state index contributed by atoms with van der Waals surface area (Å²) in [4.78, 5) is 38.5. The van der Waals surface area contributed by atoms with Crippen molar-refractivity contribution in [3.8, 4) is 0 Å². The molecule has 1 spiro atoms. The van der Waals surface area contributed by atoms with Crippen LogP contribution in [0.25, 0.3) is 0 Å². The van der Waals surface area contributed by atoms with E-state index in [9.17, 15) is 14.4 Å². The van der Waals surface area contributed by atoms with Gasteiger partial charge in [0.1, 0.15) is 5.54 Å². The van der Waals surface area contributed by atoms with Crippen LogP contribution >= 0.6 is 0 Å². The van der Waals surface area contributed by atoms with E-state index in [4.69, 9.17) is 0 Å². The van der Waals surface area contributed by atoms with E-state index in [1.54, 1.807) is 0 Å². The highest BCUT2D eigenvalue weighted by molar-refractivity contribution is 6.07. The Bertz CT molecular complexity index is 643. The molecule has 2 atom stereocenters. The number of urea groups is 1. The van der Waals surface area contributed by atoms with Crippen LogP contribution in [-0.4, -0.2) is 41.4 Å². The minimum atomic E-state index is -0.643. The van der Waals surface area contributed by atoms with Gasteiger partial charge in [0.05, 0.1) is 5.92 Å². The number of amides is 4. The normalized spacial score (nSPS) is 28.2. The standard InChI is InChI=1S/C20H31N3O3/c1-13(2)12-14-15(19(14,3)4)16(24)21-10-7-11-23-17(25)20(22-18(23)26)8-5-6-9-20/h12,14-15H,5-11H2,1-4H3,(H,21,24)(H,22,26). The maximum absolute atomic E-state index is 12.6. The van der Waals surface area contributed by atoms with Crippen molar-refractivity contribution in [2.24, 2.45) is 17.3 Å². The molecule has 3 aliphatic rings. The van der Waals surface area contributed by atoms with Gasteiger partial charge in [-0.3, -0.25) is 14.5 Å². The fourth-order valence-electron chi connectivity index (χ4n) is 4.60. The van der Waals surface area contributed by atoms with Gasteiger partial charge in [0, 0.05) is 13.1 Å². The monoisotopic (exact) mass is 361 g/mol. The molecule has 6 heteroatoms. The predicted octanol–water partition coefficient (Wildman–Crippen LogP) is 2.60. The molecule has 0 radical (unpaired) electrons. The van der Waals surface area contributed by atoms with Crippen LogP contribution in [0.3, 0.4) is 0 Å². The van der Waals surface area contributed by atoms with Crippen molar-refractivity contribution in [1.82, 2.24) is 15.5 Å². The minimum absolute atomic E-state index is 0.00100. The zero-order chi connectivity index (χ0) is 19.1. The number of carbonyl (C=O) groups is 3. The number of nitrogens with zero attached hydrogens (tertiary/aromatic N) is 1. The summed E-state index contributed by atoms with van der Waals surface area (Å²) >= 11 is 0. The lowest BCUT2D eigenvalue weighted by Crippen LogP contribution is -2.44. The predicted molar refractivity (Wildman–Crippen MR) is 99.3 cm³/mol. The van der Waals surface area contributed by atoms with Gasteiger partial charge in [-0.05, 0) is 44.4 Å². The van der Waals surface area contributed by atoms with Gasteiger partial charge in [0.2, 0.25) is 5.91 Å². The van der Waals surface area contributed by atoms with Crippen LogP contribution in [0.15, 0.2) is 11.6 Å². The van der Waals surface area contributed by atoms with E-state index in [2.05, 4.69) is 44.4 Å². The fraction of sp³-hybridized carbons (Fsp3) is 0.750. The molecule has 2 aliphatic carbocycles. The molecule has 26 heavy (non-hydrogen) atoms. The van der Waals surface area contributed by atoms with Gasteiger partial charge in [0.25, 0.3) is 5.91 Å². The van der Waals surface area contributed by atoms with Gasteiger partial charge >= 0.3 is 6.03 Å². The molecular weight excluding hydrogens is 330 g/mol. The van der Waals surface area contributed by atoms with Crippen LogP contribution < -0.4 is 10.6 Å². The molecule has 0 aromatic carbocycles. The third kappa shape index (κ3) is 3.26. The van der Waals surface area contributed by atoms with Crippen LogP contribution in [0, 0.1) is 17.3 Å². The highest BCUT2D eigenvalue weighted by Crippen LogP contribution is 2.59. The second kappa shape index (κ2) is 6.71. The average Bonchev–Trinajstić information content (AvgIpc) is 2.89. The van der Waals surface area contributed by atoms with Gasteiger partial charge in [-0.25, -0.2) is 4.79 Å². The second-order valence-corrected chi connectivity index (χ2v) is 8.89. The van der Waals surface area contributed by atoms with E-state index in [0.29, 0.717) is 25.4 Å². The van der Waals surface area contributed by atoms with Gasteiger partial charge in [-0.2, -0.15) is 0 Å².